The van der Waals surface area contributed by atoms with Crippen LogP contribution < -0.4 is 15.8 Å². The topological polar surface area (TPSA) is 84.7 Å². The van der Waals surface area contributed by atoms with E-state index in [1.165, 1.54) is 0 Å². The molecule has 200 valence electrons. The lowest BCUT2D eigenvalue weighted by Crippen LogP contribution is -2.63. The van der Waals surface area contributed by atoms with Crippen LogP contribution >= 0.6 is 11.6 Å². The first kappa shape index (κ1) is 26.7. The molecule has 0 spiro atoms. The predicted octanol–water partition coefficient (Wildman–Crippen LogP) is 5.85. The highest BCUT2D eigenvalue weighted by Crippen LogP contribution is 2.26. The van der Waals surface area contributed by atoms with Crippen molar-refractivity contribution in [2.75, 3.05) is 6.54 Å². The van der Waals surface area contributed by atoms with E-state index in [2.05, 4.69) is 29.6 Å². The van der Waals surface area contributed by atoms with E-state index >= 15 is 0 Å². The molecule has 0 aliphatic carbocycles. The fourth-order valence-corrected chi connectivity index (χ4v) is 5.23. The fourth-order valence-electron chi connectivity index (χ4n) is 5.05. The van der Waals surface area contributed by atoms with Gasteiger partial charge in [0.1, 0.15) is 23.6 Å². The third-order valence-corrected chi connectivity index (χ3v) is 7.31. The summed E-state index contributed by atoms with van der Waals surface area (Å²) < 4.78 is 5.90. The van der Waals surface area contributed by atoms with Crippen LogP contribution in [0, 0.1) is 0 Å². The number of halogens is 1. The Balaban J connectivity index is 1.33. The summed E-state index contributed by atoms with van der Waals surface area (Å²) in [6.45, 7) is 0.895. The Morgan fingerprint density at radius 3 is 2.36 bits per heavy atom. The number of unbranched alkanes of at least 4 members (excludes halogenated alkanes) is 1. The molecule has 1 aliphatic heterocycles. The molecule has 3 N–H and O–H groups in total. The molecule has 0 bridgehead atoms. The average Bonchev–Trinajstić information content (AvgIpc) is 2.94. The second-order valence-electron chi connectivity index (χ2n) is 9.92. The van der Waals surface area contributed by atoms with Gasteiger partial charge in [-0.1, -0.05) is 72.3 Å². The Hall–Kier alpha value is -3.87. The van der Waals surface area contributed by atoms with Crippen LogP contribution in [-0.2, 0) is 22.6 Å². The van der Waals surface area contributed by atoms with Gasteiger partial charge in [-0.25, -0.2) is 0 Å². The van der Waals surface area contributed by atoms with Gasteiger partial charge in [0.05, 0.1) is 0 Å². The zero-order valence-corrected chi connectivity index (χ0v) is 22.4. The fraction of sp³-hybridized carbons (Fsp3) is 0.250. The van der Waals surface area contributed by atoms with Gasteiger partial charge >= 0.3 is 0 Å². The second kappa shape index (κ2) is 12.3. The third-order valence-electron chi connectivity index (χ3n) is 7.07. The Labute approximate surface area is 233 Å². The van der Waals surface area contributed by atoms with Crippen molar-refractivity contribution in [3.8, 4) is 11.5 Å². The van der Waals surface area contributed by atoms with Crippen LogP contribution in [0.3, 0.4) is 0 Å². The number of nitrogens with two attached hydrogens (primary N) is 1. The number of nitrogens with one attached hydrogen (secondary N) is 1. The van der Waals surface area contributed by atoms with E-state index < -0.39 is 12.1 Å². The molecule has 2 amide bonds. The number of rotatable bonds is 10. The molecular weight excluding hydrogens is 510 g/mol. The number of piperazine rings is 1. The van der Waals surface area contributed by atoms with E-state index in [0.717, 1.165) is 34.7 Å². The Kier molecular flexibility index (Phi) is 8.45. The van der Waals surface area contributed by atoms with Crippen LogP contribution in [0.4, 0.5) is 0 Å². The summed E-state index contributed by atoms with van der Waals surface area (Å²) in [6.07, 6.45) is 2.60. The molecule has 1 heterocycles. The minimum absolute atomic E-state index is 0.0697. The first-order valence-electron chi connectivity index (χ1n) is 13.3. The molecule has 0 saturated carbocycles. The molecule has 6 nitrogen and oxygen atoms in total. The molecule has 0 unspecified atom stereocenters. The molecule has 1 aliphatic rings. The Morgan fingerprint density at radius 1 is 0.821 bits per heavy atom. The quantitative estimate of drug-likeness (QED) is 0.247. The van der Waals surface area contributed by atoms with Gasteiger partial charge in [-0.15, -0.1) is 0 Å². The van der Waals surface area contributed by atoms with Crippen LogP contribution in [0.5, 0.6) is 11.5 Å². The van der Waals surface area contributed by atoms with Crippen molar-refractivity contribution in [2.24, 2.45) is 5.73 Å². The van der Waals surface area contributed by atoms with Crippen molar-refractivity contribution in [1.82, 2.24) is 10.2 Å². The summed E-state index contributed by atoms with van der Waals surface area (Å²) in [5.74, 6) is 1.13. The molecule has 1 fully saturated rings. The van der Waals surface area contributed by atoms with E-state index in [1.807, 2.05) is 54.6 Å². The number of benzene rings is 4. The molecule has 4 aromatic carbocycles. The second-order valence-corrected chi connectivity index (χ2v) is 10.4. The Morgan fingerprint density at radius 2 is 1.59 bits per heavy atom. The first-order chi connectivity index (χ1) is 19.0. The van der Waals surface area contributed by atoms with Crippen LogP contribution in [0.2, 0.25) is 5.02 Å². The lowest BCUT2D eigenvalue weighted by atomic mass is 9.96. The number of amides is 2. The van der Waals surface area contributed by atoms with Gasteiger partial charge in [0.25, 0.3) is 0 Å². The van der Waals surface area contributed by atoms with Crippen molar-refractivity contribution in [1.29, 1.82) is 0 Å². The highest BCUT2D eigenvalue weighted by molar-refractivity contribution is 6.30. The van der Waals surface area contributed by atoms with Gasteiger partial charge in [-0.05, 0) is 78.0 Å². The van der Waals surface area contributed by atoms with Gasteiger partial charge in [0.15, 0.2) is 0 Å². The number of hydrogen-bond donors (Lipinski definition) is 2. The maximum absolute atomic E-state index is 13.8. The predicted molar refractivity (Wildman–Crippen MR) is 155 cm³/mol. The van der Waals surface area contributed by atoms with Gasteiger partial charge in [0, 0.05) is 18.0 Å². The van der Waals surface area contributed by atoms with E-state index in [4.69, 9.17) is 22.1 Å². The first-order valence-corrected chi connectivity index (χ1v) is 13.7. The number of nitrogens with zero attached hydrogens (tertiary/aromatic N) is 1. The Bertz CT molecular complexity index is 1460. The van der Waals surface area contributed by atoms with Gasteiger partial charge < -0.3 is 20.7 Å². The number of carbonyl (C=O) groups is 2. The molecule has 0 aromatic heterocycles. The third kappa shape index (κ3) is 6.59. The molecule has 0 radical (unpaired) electrons. The van der Waals surface area contributed by atoms with Gasteiger partial charge in [0.2, 0.25) is 11.8 Å². The molecule has 1 saturated heterocycles. The molecular formula is C32H32ClN3O3. The van der Waals surface area contributed by atoms with Crippen LogP contribution in [0.25, 0.3) is 10.8 Å². The van der Waals surface area contributed by atoms with Crippen molar-refractivity contribution >= 4 is 34.2 Å². The summed E-state index contributed by atoms with van der Waals surface area (Å²) >= 11 is 6.06. The summed E-state index contributed by atoms with van der Waals surface area (Å²) in [5, 5.41) is 5.86. The van der Waals surface area contributed by atoms with E-state index in [0.29, 0.717) is 42.5 Å². The standard InChI is InChI=1S/C32H32ClN3O3/c33-26-8-5-9-28(20-26)39-27-15-12-22(13-16-27)21-36-30(10-3-4-17-34)31(37)35-29(32(36)38)19-23-11-14-24-6-1-2-7-25(24)18-23/h1-2,5-9,11-16,18,20,29-30H,3-4,10,17,19,21,34H2,(H,35,37)/t29-,30-/m0/s1. The highest BCUT2D eigenvalue weighted by atomic mass is 35.5. The average molecular weight is 542 g/mol. The van der Waals surface area contributed by atoms with Crippen LogP contribution in [0.1, 0.15) is 30.4 Å². The van der Waals surface area contributed by atoms with Crippen molar-refractivity contribution < 1.29 is 14.3 Å². The van der Waals surface area contributed by atoms with E-state index in [1.54, 1.807) is 17.0 Å². The minimum Gasteiger partial charge on any atom is -0.457 e. The van der Waals surface area contributed by atoms with Gasteiger partial charge in [-0.2, -0.15) is 0 Å². The number of ether oxygens (including phenoxy) is 1. The molecule has 5 rings (SSSR count). The SMILES string of the molecule is NCCCC[C@H]1C(=O)N[C@@H](Cc2ccc3ccccc3c2)C(=O)N1Cc1ccc(Oc2cccc(Cl)c2)cc1. The smallest absolute Gasteiger partial charge is 0.246 e. The van der Waals surface area contributed by atoms with Crippen molar-refractivity contribution in [2.45, 2.75) is 44.3 Å². The lowest BCUT2D eigenvalue weighted by Gasteiger charge is -2.39. The zero-order chi connectivity index (χ0) is 27.2. The zero-order valence-electron chi connectivity index (χ0n) is 21.7. The highest BCUT2D eigenvalue weighted by Gasteiger charge is 2.40. The van der Waals surface area contributed by atoms with E-state index in [9.17, 15) is 9.59 Å². The molecule has 7 heteroatoms. The monoisotopic (exact) mass is 541 g/mol. The van der Waals surface area contributed by atoms with Crippen LogP contribution in [-0.4, -0.2) is 35.3 Å². The molecule has 39 heavy (non-hydrogen) atoms. The van der Waals surface area contributed by atoms with Gasteiger partial charge in [-0.3, -0.25) is 9.59 Å². The van der Waals surface area contributed by atoms with E-state index in [-0.39, 0.29) is 11.8 Å². The normalized spacial score (nSPS) is 17.3. The summed E-state index contributed by atoms with van der Waals surface area (Å²) in [4.78, 5) is 28.8. The van der Waals surface area contributed by atoms with Crippen LogP contribution in [0.15, 0.2) is 91.0 Å². The lowest BCUT2D eigenvalue weighted by molar-refractivity contribution is -0.150. The maximum atomic E-state index is 13.8. The van der Waals surface area contributed by atoms with Crippen molar-refractivity contribution in [3.05, 3.63) is 107 Å². The largest absolute Gasteiger partial charge is 0.457 e. The molecule has 2 atom stereocenters. The number of fused-ring (bicyclic) bond motifs is 1. The minimum atomic E-state index is -0.616. The number of carbonyl (C=O) groups excluding carboxylic acids is 2. The summed E-state index contributed by atoms with van der Waals surface area (Å²) in [7, 11) is 0. The maximum Gasteiger partial charge on any atom is 0.246 e. The molecule has 4 aromatic rings. The number of hydrogen-bond acceptors (Lipinski definition) is 4. The summed E-state index contributed by atoms with van der Waals surface area (Å²) in [5.41, 5.74) is 7.62. The summed E-state index contributed by atoms with van der Waals surface area (Å²) in [6, 6.07) is 27.9. The van der Waals surface area contributed by atoms with Crippen molar-refractivity contribution in [3.63, 3.8) is 0 Å².